The minimum atomic E-state index is -0.479. The van der Waals surface area contributed by atoms with Crippen LogP contribution in [-0.4, -0.2) is 22.4 Å². The zero-order chi connectivity index (χ0) is 12.4. The van der Waals surface area contributed by atoms with Gasteiger partial charge in [0.2, 0.25) is 0 Å². The fourth-order valence-corrected chi connectivity index (χ4v) is 3.93. The Morgan fingerprint density at radius 1 is 1.28 bits per heavy atom. The second-order valence-electron chi connectivity index (χ2n) is 4.89. The molecular weight excluding hydrogens is 244 g/mol. The Morgan fingerprint density at radius 3 is 2.83 bits per heavy atom. The van der Waals surface area contributed by atoms with Crippen LogP contribution < -0.4 is 0 Å². The van der Waals surface area contributed by atoms with Gasteiger partial charge in [-0.1, -0.05) is 30.3 Å². The molecule has 1 aliphatic heterocycles. The third-order valence-corrected chi connectivity index (χ3v) is 4.94. The predicted octanol–water partition coefficient (Wildman–Crippen LogP) is 3.29. The summed E-state index contributed by atoms with van der Waals surface area (Å²) >= 11 is 1.87. The molecule has 0 bridgehead atoms. The molecule has 0 aromatic heterocycles. The maximum atomic E-state index is 10.5. The number of rotatable bonds is 2. The van der Waals surface area contributed by atoms with Crippen molar-refractivity contribution in [2.24, 2.45) is 0 Å². The largest absolute Gasteiger partial charge is 0.384 e. The van der Waals surface area contributed by atoms with Gasteiger partial charge in [-0.05, 0) is 36.5 Å². The lowest BCUT2D eigenvalue weighted by Gasteiger charge is -2.31. The van der Waals surface area contributed by atoms with Gasteiger partial charge in [-0.15, -0.1) is 11.8 Å². The first kappa shape index (κ1) is 12.3. The van der Waals surface area contributed by atoms with Crippen LogP contribution in [0.25, 0.3) is 0 Å². The van der Waals surface area contributed by atoms with Crippen LogP contribution >= 0.6 is 11.8 Å². The molecule has 1 heterocycles. The molecule has 2 aliphatic rings. The van der Waals surface area contributed by atoms with Gasteiger partial charge in [0.15, 0.2) is 0 Å². The summed E-state index contributed by atoms with van der Waals surface area (Å²) in [5.74, 6) is 1.06. The van der Waals surface area contributed by atoms with E-state index in [1.165, 1.54) is 0 Å². The van der Waals surface area contributed by atoms with Gasteiger partial charge in [-0.2, -0.15) is 0 Å². The molecule has 1 N–H and O–H groups in total. The Kier molecular flexibility index (Phi) is 3.46. The highest BCUT2D eigenvalue weighted by Crippen LogP contribution is 2.45. The molecule has 96 valence electrons. The Balaban J connectivity index is 1.85. The van der Waals surface area contributed by atoms with Gasteiger partial charge < -0.3 is 9.84 Å². The highest BCUT2D eigenvalue weighted by molar-refractivity contribution is 8.00. The van der Waals surface area contributed by atoms with Crippen LogP contribution in [0.4, 0.5) is 0 Å². The standard InChI is InChI=1S/C15H18O2S/c16-14(12-5-2-1-3-6-12)13-7-4-8-15(11-13)17-9-10-18-15/h1-3,5-6,11,14,16H,4,7-10H2/t14-,15-/m1/s1. The lowest BCUT2D eigenvalue weighted by atomic mass is 9.90. The third-order valence-electron chi connectivity index (χ3n) is 3.64. The Bertz CT molecular complexity index is 435. The molecule has 0 saturated carbocycles. The molecule has 2 nitrogen and oxygen atoms in total. The lowest BCUT2D eigenvalue weighted by molar-refractivity contribution is 0.0714. The van der Waals surface area contributed by atoms with Gasteiger partial charge in [-0.3, -0.25) is 0 Å². The number of hydrogen-bond donors (Lipinski definition) is 1. The van der Waals surface area contributed by atoms with Crippen LogP contribution in [0.3, 0.4) is 0 Å². The Labute approximate surface area is 112 Å². The number of hydrogen-bond acceptors (Lipinski definition) is 3. The van der Waals surface area contributed by atoms with E-state index in [2.05, 4.69) is 6.08 Å². The van der Waals surface area contributed by atoms with E-state index in [-0.39, 0.29) is 4.93 Å². The molecular formula is C15H18O2S. The van der Waals surface area contributed by atoms with Crippen LogP contribution in [0.5, 0.6) is 0 Å². The molecule has 3 rings (SSSR count). The molecule has 1 aliphatic carbocycles. The summed E-state index contributed by atoms with van der Waals surface area (Å²) in [6.45, 7) is 0.829. The highest BCUT2D eigenvalue weighted by Gasteiger charge is 2.37. The smallest absolute Gasteiger partial charge is 0.132 e. The Morgan fingerprint density at radius 2 is 2.11 bits per heavy atom. The maximum Gasteiger partial charge on any atom is 0.132 e. The van der Waals surface area contributed by atoms with E-state index in [0.29, 0.717) is 0 Å². The van der Waals surface area contributed by atoms with Crippen LogP contribution in [-0.2, 0) is 4.74 Å². The minimum absolute atomic E-state index is 0.149. The second kappa shape index (κ2) is 5.08. The SMILES string of the molecule is O[C@@H](C1=C[C@]2(CCC1)OCCS2)c1ccccc1. The van der Waals surface area contributed by atoms with Crippen LogP contribution in [0.1, 0.15) is 30.9 Å². The quantitative estimate of drug-likeness (QED) is 0.829. The van der Waals surface area contributed by atoms with E-state index in [1.807, 2.05) is 42.1 Å². The van der Waals surface area contributed by atoms with E-state index in [4.69, 9.17) is 4.74 Å². The number of thioether (sulfide) groups is 1. The zero-order valence-electron chi connectivity index (χ0n) is 10.3. The molecule has 2 atom stereocenters. The molecule has 3 heteroatoms. The molecule has 1 fully saturated rings. The molecule has 1 saturated heterocycles. The number of aliphatic hydroxyl groups excluding tert-OH is 1. The van der Waals surface area contributed by atoms with Crippen molar-refractivity contribution in [2.45, 2.75) is 30.3 Å². The summed E-state index contributed by atoms with van der Waals surface area (Å²) in [5.41, 5.74) is 2.09. The van der Waals surface area contributed by atoms with E-state index >= 15 is 0 Å². The average Bonchev–Trinajstić information content (AvgIpc) is 2.87. The van der Waals surface area contributed by atoms with Crippen molar-refractivity contribution in [1.82, 2.24) is 0 Å². The van der Waals surface area contributed by atoms with E-state index < -0.39 is 6.10 Å². The molecule has 0 unspecified atom stereocenters. The molecule has 0 amide bonds. The van der Waals surface area contributed by atoms with Gasteiger partial charge in [0.25, 0.3) is 0 Å². The van der Waals surface area contributed by atoms with Gasteiger partial charge in [0.1, 0.15) is 11.0 Å². The van der Waals surface area contributed by atoms with Gasteiger partial charge in [0.05, 0.1) is 6.61 Å². The van der Waals surface area contributed by atoms with Crippen LogP contribution in [0.2, 0.25) is 0 Å². The first-order valence-corrected chi connectivity index (χ1v) is 7.50. The summed E-state index contributed by atoms with van der Waals surface area (Å²) < 4.78 is 5.87. The number of ether oxygens (including phenoxy) is 1. The summed E-state index contributed by atoms with van der Waals surface area (Å²) in [5, 5.41) is 10.5. The normalized spacial score (nSPS) is 29.3. The van der Waals surface area contributed by atoms with Gasteiger partial charge in [-0.25, -0.2) is 0 Å². The molecule has 1 aromatic carbocycles. The first-order valence-electron chi connectivity index (χ1n) is 6.52. The summed E-state index contributed by atoms with van der Waals surface area (Å²) in [7, 11) is 0. The number of benzene rings is 1. The van der Waals surface area contributed by atoms with Gasteiger partial charge in [0, 0.05) is 5.75 Å². The van der Waals surface area contributed by atoms with E-state index in [9.17, 15) is 5.11 Å². The topological polar surface area (TPSA) is 29.5 Å². The average molecular weight is 262 g/mol. The van der Waals surface area contributed by atoms with E-state index in [1.54, 1.807) is 0 Å². The molecule has 18 heavy (non-hydrogen) atoms. The maximum absolute atomic E-state index is 10.5. The van der Waals surface area contributed by atoms with Crippen molar-refractivity contribution in [3.63, 3.8) is 0 Å². The van der Waals surface area contributed by atoms with E-state index in [0.717, 1.165) is 42.8 Å². The third kappa shape index (κ3) is 2.35. The monoisotopic (exact) mass is 262 g/mol. The van der Waals surface area contributed by atoms with Gasteiger partial charge >= 0.3 is 0 Å². The first-order chi connectivity index (χ1) is 8.79. The molecule has 1 spiro atoms. The second-order valence-corrected chi connectivity index (χ2v) is 6.28. The van der Waals surface area contributed by atoms with Crippen molar-refractivity contribution in [3.8, 4) is 0 Å². The van der Waals surface area contributed by atoms with Crippen LogP contribution in [0.15, 0.2) is 42.0 Å². The van der Waals surface area contributed by atoms with Crippen molar-refractivity contribution in [1.29, 1.82) is 0 Å². The number of aliphatic hydroxyl groups is 1. The van der Waals surface area contributed by atoms with Crippen molar-refractivity contribution >= 4 is 11.8 Å². The predicted molar refractivity (Wildman–Crippen MR) is 74.5 cm³/mol. The summed E-state index contributed by atoms with van der Waals surface area (Å²) in [4.78, 5) is -0.149. The van der Waals surface area contributed by atoms with Crippen LogP contribution in [0, 0.1) is 0 Å². The minimum Gasteiger partial charge on any atom is -0.384 e. The summed E-state index contributed by atoms with van der Waals surface area (Å²) in [6, 6.07) is 9.88. The van der Waals surface area contributed by atoms with Crippen molar-refractivity contribution in [2.75, 3.05) is 12.4 Å². The Hall–Kier alpha value is -0.770. The zero-order valence-corrected chi connectivity index (χ0v) is 11.2. The lowest BCUT2D eigenvalue weighted by Crippen LogP contribution is -2.26. The fourth-order valence-electron chi connectivity index (χ4n) is 2.73. The summed E-state index contributed by atoms with van der Waals surface area (Å²) in [6.07, 6.45) is 4.84. The molecule has 0 radical (unpaired) electrons. The molecule has 1 aromatic rings. The fraction of sp³-hybridized carbons (Fsp3) is 0.467. The highest BCUT2D eigenvalue weighted by atomic mass is 32.2. The van der Waals surface area contributed by atoms with Crippen molar-refractivity contribution < 1.29 is 9.84 Å². The van der Waals surface area contributed by atoms with Crippen molar-refractivity contribution in [3.05, 3.63) is 47.5 Å².